The fraction of sp³-hybridized carbons (Fsp3) is 0.118. The predicted molar refractivity (Wildman–Crippen MR) is 86.8 cm³/mol. The number of rotatable bonds is 3. The van der Waals surface area contributed by atoms with Crippen molar-refractivity contribution in [3.8, 4) is 0 Å². The molecule has 0 unspecified atom stereocenters. The highest BCUT2D eigenvalue weighted by atomic mass is 35.5. The number of para-hydroxylation sites is 1. The maximum absolute atomic E-state index is 12.2. The first-order valence-electron chi connectivity index (χ1n) is 6.75. The fourth-order valence-corrected chi connectivity index (χ4v) is 2.56. The van der Waals surface area contributed by atoms with Crippen molar-refractivity contribution in [2.24, 2.45) is 0 Å². The van der Waals surface area contributed by atoms with Crippen molar-refractivity contribution in [3.63, 3.8) is 0 Å². The molecule has 3 rings (SSSR count). The van der Waals surface area contributed by atoms with Crippen LogP contribution >= 0.6 is 11.6 Å². The van der Waals surface area contributed by atoms with Gasteiger partial charge in [0.05, 0.1) is 6.42 Å². The number of carbonyl (C=O) groups is 1. The summed E-state index contributed by atoms with van der Waals surface area (Å²) in [6.45, 7) is 1.89. The van der Waals surface area contributed by atoms with Crippen LogP contribution in [0.25, 0.3) is 10.9 Å². The molecule has 0 radical (unpaired) electrons. The molecule has 0 atom stereocenters. The Morgan fingerprint density at radius 1 is 1.19 bits per heavy atom. The Morgan fingerprint density at radius 3 is 2.86 bits per heavy atom. The molecule has 0 saturated heterocycles. The molecule has 3 aromatic rings. The molecule has 1 heterocycles. The lowest BCUT2D eigenvalue weighted by atomic mass is 10.1. The lowest BCUT2D eigenvalue weighted by Gasteiger charge is -2.09. The normalized spacial score (nSPS) is 10.8. The number of hydrogen-bond acceptors (Lipinski definition) is 1. The summed E-state index contributed by atoms with van der Waals surface area (Å²) in [5, 5.41) is 4.65. The third-order valence-corrected chi connectivity index (χ3v) is 3.98. The van der Waals surface area contributed by atoms with E-state index >= 15 is 0 Å². The molecule has 1 amide bonds. The lowest BCUT2D eigenvalue weighted by Crippen LogP contribution is -2.15. The number of H-pyrrole nitrogens is 1. The van der Waals surface area contributed by atoms with Gasteiger partial charge in [-0.25, -0.2) is 0 Å². The minimum atomic E-state index is -0.0508. The van der Waals surface area contributed by atoms with Crippen LogP contribution in [0.4, 0.5) is 5.69 Å². The second kappa shape index (κ2) is 5.62. The van der Waals surface area contributed by atoms with Crippen LogP contribution in [0.5, 0.6) is 0 Å². The van der Waals surface area contributed by atoms with E-state index in [1.807, 2.05) is 55.6 Å². The molecule has 1 aromatic heterocycles. The monoisotopic (exact) mass is 298 g/mol. The summed E-state index contributed by atoms with van der Waals surface area (Å²) in [7, 11) is 0. The number of halogens is 1. The van der Waals surface area contributed by atoms with Crippen LogP contribution in [0.2, 0.25) is 5.02 Å². The Labute approximate surface area is 127 Å². The van der Waals surface area contributed by atoms with Gasteiger partial charge < -0.3 is 10.3 Å². The summed E-state index contributed by atoms with van der Waals surface area (Å²) < 4.78 is 0. The number of amides is 1. The number of nitrogens with one attached hydrogen (secondary N) is 2. The third kappa shape index (κ3) is 2.78. The first-order valence-corrected chi connectivity index (χ1v) is 7.13. The zero-order valence-electron chi connectivity index (χ0n) is 11.6. The van der Waals surface area contributed by atoms with E-state index in [1.165, 1.54) is 0 Å². The summed E-state index contributed by atoms with van der Waals surface area (Å²) in [5.41, 5.74) is 3.67. The van der Waals surface area contributed by atoms with Gasteiger partial charge in [-0.05, 0) is 36.2 Å². The average Bonchev–Trinajstić information content (AvgIpc) is 2.87. The summed E-state index contributed by atoms with van der Waals surface area (Å²) in [6, 6.07) is 13.4. The highest BCUT2D eigenvalue weighted by Crippen LogP contribution is 2.23. The number of anilines is 1. The van der Waals surface area contributed by atoms with E-state index in [4.69, 9.17) is 11.6 Å². The number of hydrogen-bond donors (Lipinski definition) is 2. The topological polar surface area (TPSA) is 44.9 Å². The summed E-state index contributed by atoms with van der Waals surface area (Å²) in [4.78, 5) is 15.4. The minimum absolute atomic E-state index is 0.0508. The van der Waals surface area contributed by atoms with Crippen molar-refractivity contribution < 1.29 is 4.79 Å². The van der Waals surface area contributed by atoms with E-state index in [1.54, 1.807) is 0 Å². The lowest BCUT2D eigenvalue weighted by molar-refractivity contribution is -0.115. The van der Waals surface area contributed by atoms with E-state index in [0.29, 0.717) is 11.4 Å². The van der Waals surface area contributed by atoms with Crippen LogP contribution in [-0.2, 0) is 11.2 Å². The van der Waals surface area contributed by atoms with Crippen LogP contribution in [0.15, 0.2) is 48.7 Å². The molecule has 106 valence electrons. The van der Waals surface area contributed by atoms with E-state index in [0.717, 1.165) is 27.7 Å². The van der Waals surface area contributed by atoms with Crippen molar-refractivity contribution in [3.05, 3.63) is 64.8 Å². The quantitative estimate of drug-likeness (QED) is 0.743. The molecular weight excluding hydrogens is 284 g/mol. The Kier molecular flexibility index (Phi) is 3.67. The number of fused-ring (bicyclic) bond motifs is 1. The van der Waals surface area contributed by atoms with Gasteiger partial charge in [0.25, 0.3) is 0 Å². The van der Waals surface area contributed by atoms with E-state index < -0.39 is 0 Å². The van der Waals surface area contributed by atoms with Gasteiger partial charge in [0.2, 0.25) is 5.91 Å². The highest BCUT2D eigenvalue weighted by molar-refractivity contribution is 6.31. The Hall–Kier alpha value is -2.26. The van der Waals surface area contributed by atoms with Gasteiger partial charge in [-0.1, -0.05) is 35.9 Å². The summed E-state index contributed by atoms with van der Waals surface area (Å²) in [6.07, 6.45) is 2.21. The van der Waals surface area contributed by atoms with Crippen LogP contribution in [0.3, 0.4) is 0 Å². The molecule has 0 aliphatic heterocycles. The van der Waals surface area contributed by atoms with Crippen molar-refractivity contribution in [2.45, 2.75) is 13.3 Å². The van der Waals surface area contributed by atoms with Gasteiger partial charge in [0, 0.05) is 27.8 Å². The fourth-order valence-electron chi connectivity index (χ4n) is 2.39. The highest BCUT2D eigenvalue weighted by Gasteiger charge is 2.10. The Balaban J connectivity index is 1.79. The molecule has 0 fully saturated rings. The molecule has 0 aliphatic rings. The van der Waals surface area contributed by atoms with Crippen molar-refractivity contribution >= 4 is 34.1 Å². The molecule has 0 saturated carbocycles. The first kappa shape index (κ1) is 13.7. The average molecular weight is 299 g/mol. The maximum atomic E-state index is 12.2. The maximum Gasteiger partial charge on any atom is 0.228 e. The van der Waals surface area contributed by atoms with Gasteiger partial charge in [0.15, 0.2) is 0 Å². The second-order valence-corrected chi connectivity index (χ2v) is 5.40. The van der Waals surface area contributed by atoms with Crippen LogP contribution in [0.1, 0.15) is 11.1 Å². The van der Waals surface area contributed by atoms with Gasteiger partial charge in [-0.3, -0.25) is 4.79 Å². The number of carbonyl (C=O) groups excluding carboxylic acids is 1. The van der Waals surface area contributed by atoms with Gasteiger partial charge >= 0.3 is 0 Å². The summed E-state index contributed by atoms with van der Waals surface area (Å²) >= 11 is 6.06. The molecule has 2 N–H and O–H groups in total. The molecular formula is C17H15ClN2O. The van der Waals surface area contributed by atoms with Crippen molar-refractivity contribution in [1.29, 1.82) is 0 Å². The van der Waals surface area contributed by atoms with E-state index in [-0.39, 0.29) is 5.91 Å². The standard InChI is InChI=1S/C17H15ClN2O/c1-11-14(18)6-4-8-15(11)20-17(21)9-12-10-19-16-7-3-2-5-13(12)16/h2-8,10,19H,9H2,1H3,(H,20,21). The molecule has 4 heteroatoms. The number of aromatic nitrogens is 1. The van der Waals surface area contributed by atoms with Gasteiger partial charge in [0.1, 0.15) is 0 Å². The van der Waals surface area contributed by atoms with Crippen LogP contribution in [-0.4, -0.2) is 10.9 Å². The molecule has 2 aromatic carbocycles. The third-order valence-electron chi connectivity index (χ3n) is 3.57. The first-order chi connectivity index (χ1) is 10.1. The second-order valence-electron chi connectivity index (χ2n) is 5.00. The van der Waals surface area contributed by atoms with Crippen molar-refractivity contribution in [1.82, 2.24) is 4.98 Å². The van der Waals surface area contributed by atoms with Crippen molar-refractivity contribution in [2.75, 3.05) is 5.32 Å². The largest absolute Gasteiger partial charge is 0.361 e. The van der Waals surface area contributed by atoms with Gasteiger partial charge in [-0.15, -0.1) is 0 Å². The SMILES string of the molecule is Cc1c(Cl)cccc1NC(=O)Cc1c[nH]c2ccccc12. The van der Waals surface area contributed by atoms with E-state index in [9.17, 15) is 4.79 Å². The Bertz CT molecular complexity index is 807. The molecule has 21 heavy (non-hydrogen) atoms. The molecule has 0 bridgehead atoms. The van der Waals surface area contributed by atoms with Crippen LogP contribution < -0.4 is 5.32 Å². The predicted octanol–water partition coefficient (Wildman–Crippen LogP) is 4.31. The molecule has 0 aliphatic carbocycles. The van der Waals surface area contributed by atoms with Gasteiger partial charge in [-0.2, -0.15) is 0 Å². The zero-order valence-corrected chi connectivity index (χ0v) is 12.4. The smallest absolute Gasteiger partial charge is 0.228 e. The zero-order chi connectivity index (χ0) is 14.8. The van der Waals surface area contributed by atoms with E-state index in [2.05, 4.69) is 10.3 Å². The number of aromatic amines is 1. The number of benzene rings is 2. The molecule has 0 spiro atoms. The molecule has 3 nitrogen and oxygen atoms in total. The summed E-state index contributed by atoms with van der Waals surface area (Å²) in [5.74, 6) is -0.0508. The van der Waals surface area contributed by atoms with Crippen LogP contribution in [0, 0.1) is 6.92 Å². The minimum Gasteiger partial charge on any atom is -0.361 e. The Morgan fingerprint density at radius 2 is 2.00 bits per heavy atom.